The second-order valence-corrected chi connectivity index (χ2v) is 3.81. The molecule has 0 spiro atoms. The van der Waals surface area contributed by atoms with Crippen LogP contribution in [0, 0.1) is 5.92 Å². The van der Waals surface area contributed by atoms with Crippen molar-refractivity contribution in [2.24, 2.45) is 5.92 Å². The van der Waals surface area contributed by atoms with Gasteiger partial charge >= 0.3 is 0 Å². The molecular weight excluding hydrogens is 128 g/mol. The van der Waals surface area contributed by atoms with E-state index in [4.69, 9.17) is 0 Å². The fourth-order valence-corrected chi connectivity index (χ4v) is 2.20. The third kappa shape index (κ3) is 0.897. The fraction of sp³-hybridized carbons (Fsp3) is 0.500. The van der Waals surface area contributed by atoms with E-state index in [1.165, 1.54) is 6.42 Å². The molecule has 48 valence electrons. The molecule has 1 heteroatoms. The van der Waals surface area contributed by atoms with Gasteiger partial charge in [0.15, 0.2) is 0 Å². The first-order valence-corrected chi connectivity index (χ1v) is 4.29. The topological polar surface area (TPSA) is 0 Å². The molecule has 0 bridgehead atoms. The van der Waals surface area contributed by atoms with Gasteiger partial charge in [0.2, 0.25) is 0 Å². The van der Waals surface area contributed by atoms with Crippen LogP contribution in [0.3, 0.4) is 0 Å². The van der Waals surface area contributed by atoms with Gasteiger partial charge in [0.25, 0.3) is 0 Å². The first-order valence-electron chi connectivity index (χ1n) is 3.41. The molecule has 0 saturated heterocycles. The average molecular weight is 138 g/mol. The van der Waals surface area contributed by atoms with E-state index in [9.17, 15) is 0 Å². The third-order valence-corrected chi connectivity index (χ3v) is 3.02. The molecule has 0 nitrogen and oxygen atoms in total. The van der Waals surface area contributed by atoms with Crippen LogP contribution < -0.4 is 0 Å². The van der Waals surface area contributed by atoms with Crippen molar-refractivity contribution in [1.82, 2.24) is 0 Å². The molecule has 1 heterocycles. The Bertz CT molecular complexity index is 188. The van der Waals surface area contributed by atoms with Crippen LogP contribution in [-0.4, -0.2) is 0 Å². The maximum absolute atomic E-state index is 2.32. The zero-order valence-electron chi connectivity index (χ0n) is 5.50. The van der Waals surface area contributed by atoms with Gasteiger partial charge in [0.05, 0.1) is 0 Å². The Morgan fingerprint density at radius 2 is 2.44 bits per heavy atom. The van der Waals surface area contributed by atoms with Crippen LogP contribution in [0.5, 0.6) is 0 Å². The summed E-state index contributed by atoms with van der Waals surface area (Å²) in [5, 5.41) is 2.17. The van der Waals surface area contributed by atoms with Crippen LogP contribution >= 0.6 is 11.3 Å². The van der Waals surface area contributed by atoms with E-state index in [2.05, 4.69) is 24.4 Å². The lowest BCUT2D eigenvalue weighted by Crippen LogP contribution is -1.69. The van der Waals surface area contributed by atoms with Gasteiger partial charge in [-0.25, -0.2) is 0 Å². The van der Waals surface area contributed by atoms with E-state index < -0.39 is 0 Å². The van der Waals surface area contributed by atoms with Gasteiger partial charge in [-0.2, -0.15) is 0 Å². The molecule has 2 atom stereocenters. The molecule has 0 aromatic carbocycles. The van der Waals surface area contributed by atoms with E-state index in [1.807, 2.05) is 11.3 Å². The minimum absolute atomic E-state index is 0.921. The molecule has 1 aromatic rings. The van der Waals surface area contributed by atoms with Crippen molar-refractivity contribution in [2.75, 3.05) is 0 Å². The van der Waals surface area contributed by atoms with Gasteiger partial charge in [-0.05, 0) is 29.7 Å². The first kappa shape index (κ1) is 5.48. The summed E-state index contributed by atoms with van der Waals surface area (Å²) in [6, 6.07) is 4.39. The lowest BCUT2D eigenvalue weighted by Gasteiger charge is -1.86. The van der Waals surface area contributed by atoms with E-state index in [-0.39, 0.29) is 0 Å². The van der Waals surface area contributed by atoms with Crippen molar-refractivity contribution < 1.29 is 0 Å². The SMILES string of the molecule is CC1CC1c1cccs1. The average Bonchev–Trinajstić information content (AvgIpc) is 2.44. The summed E-state index contributed by atoms with van der Waals surface area (Å²) in [5.41, 5.74) is 0. The van der Waals surface area contributed by atoms with Gasteiger partial charge < -0.3 is 0 Å². The summed E-state index contributed by atoms with van der Waals surface area (Å²) < 4.78 is 0. The van der Waals surface area contributed by atoms with Crippen molar-refractivity contribution in [1.29, 1.82) is 0 Å². The molecule has 1 saturated carbocycles. The van der Waals surface area contributed by atoms with E-state index in [1.54, 1.807) is 4.88 Å². The Balaban J connectivity index is 2.18. The van der Waals surface area contributed by atoms with Crippen molar-refractivity contribution in [3.63, 3.8) is 0 Å². The van der Waals surface area contributed by atoms with Gasteiger partial charge in [-0.3, -0.25) is 0 Å². The maximum Gasteiger partial charge on any atom is 0.00789 e. The third-order valence-electron chi connectivity index (χ3n) is 2.02. The lowest BCUT2D eigenvalue weighted by molar-refractivity contribution is 0.926. The molecule has 0 aliphatic heterocycles. The monoisotopic (exact) mass is 138 g/mol. The molecule has 0 amide bonds. The normalized spacial score (nSPS) is 32.6. The molecule has 0 radical (unpaired) electrons. The summed E-state index contributed by atoms with van der Waals surface area (Å²) in [4.78, 5) is 1.59. The number of rotatable bonds is 1. The highest BCUT2D eigenvalue weighted by molar-refractivity contribution is 7.10. The highest BCUT2D eigenvalue weighted by Crippen LogP contribution is 2.48. The van der Waals surface area contributed by atoms with Crippen molar-refractivity contribution in [3.8, 4) is 0 Å². The second-order valence-electron chi connectivity index (χ2n) is 2.83. The van der Waals surface area contributed by atoms with Crippen molar-refractivity contribution in [2.45, 2.75) is 19.3 Å². The number of hydrogen-bond acceptors (Lipinski definition) is 1. The van der Waals surface area contributed by atoms with Crippen molar-refractivity contribution in [3.05, 3.63) is 22.4 Å². The second kappa shape index (κ2) is 1.84. The predicted octanol–water partition coefficient (Wildman–Crippen LogP) is 2.87. The summed E-state index contributed by atoms with van der Waals surface area (Å²) in [5.74, 6) is 1.88. The minimum atomic E-state index is 0.921. The van der Waals surface area contributed by atoms with Crippen LogP contribution in [-0.2, 0) is 0 Å². The van der Waals surface area contributed by atoms with Crippen LogP contribution in [0.2, 0.25) is 0 Å². The Kier molecular flexibility index (Phi) is 1.12. The summed E-state index contributed by atoms with van der Waals surface area (Å²) in [6.45, 7) is 2.32. The molecule has 9 heavy (non-hydrogen) atoms. The summed E-state index contributed by atoms with van der Waals surface area (Å²) in [6.07, 6.45) is 1.42. The van der Waals surface area contributed by atoms with Gasteiger partial charge in [0.1, 0.15) is 0 Å². The fourth-order valence-electron chi connectivity index (χ4n) is 1.22. The first-order chi connectivity index (χ1) is 4.38. The van der Waals surface area contributed by atoms with Crippen molar-refractivity contribution >= 4 is 11.3 Å². The van der Waals surface area contributed by atoms with Crippen LogP contribution in [0.25, 0.3) is 0 Å². The highest BCUT2D eigenvalue weighted by Gasteiger charge is 2.34. The van der Waals surface area contributed by atoms with Gasteiger partial charge in [-0.1, -0.05) is 13.0 Å². The number of hydrogen-bond donors (Lipinski definition) is 0. The molecule has 1 aliphatic carbocycles. The lowest BCUT2D eigenvalue weighted by atomic mass is 10.3. The van der Waals surface area contributed by atoms with Crippen LogP contribution in [0.15, 0.2) is 17.5 Å². The molecular formula is C8H10S. The Hall–Kier alpha value is -0.300. The zero-order chi connectivity index (χ0) is 6.27. The summed E-state index contributed by atoms with van der Waals surface area (Å²) >= 11 is 1.90. The summed E-state index contributed by atoms with van der Waals surface area (Å²) in [7, 11) is 0. The van der Waals surface area contributed by atoms with Gasteiger partial charge in [-0.15, -0.1) is 11.3 Å². The highest BCUT2D eigenvalue weighted by atomic mass is 32.1. The zero-order valence-corrected chi connectivity index (χ0v) is 6.32. The van der Waals surface area contributed by atoms with Crippen LogP contribution in [0.4, 0.5) is 0 Å². The Morgan fingerprint density at radius 1 is 1.67 bits per heavy atom. The van der Waals surface area contributed by atoms with Crippen LogP contribution in [0.1, 0.15) is 24.1 Å². The minimum Gasteiger partial charge on any atom is -0.149 e. The molecule has 1 fully saturated rings. The molecule has 1 aliphatic rings. The maximum atomic E-state index is 2.32. The Morgan fingerprint density at radius 3 is 2.89 bits per heavy atom. The number of thiophene rings is 1. The predicted molar refractivity (Wildman–Crippen MR) is 40.8 cm³/mol. The standard InChI is InChI=1S/C8H10S/c1-6-5-7(6)8-3-2-4-9-8/h2-4,6-7H,5H2,1H3. The van der Waals surface area contributed by atoms with E-state index >= 15 is 0 Å². The molecule has 1 aromatic heterocycles. The smallest absolute Gasteiger partial charge is 0.00789 e. The molecule has 2 rings (SSSR count). The van der Waals surface area contributed by atoms with E-state index in [0.717, 1.165) is 11.8 Å². The quantitative estimate of drug-likeness (QED) is 0.559. The van der Waals surface area contributed by atoms with E-state index in [0.29, 0.717) is 0 Å². The Labute approximate surface area is 59.5 Å². The molecule has 2 unspecified atom stereocenters. The molecule has 0 N–H and O–H groups in total. The largest absolute Gasteiger partial charge is 0.149 e. The van der Waals surface area contributed by atoms with Gasteiger partial charge in [0, 0.05) is 4.88 Å².